The number of nitrogens with one attached hydrogen (secondary N) is 2. The van der Waals surface area contributed by atoms with Crippen molar-refractivity contribution in [3.05, 3.63) is 68.9 Å². The van der Waals surface area contributed by atoms with E-state index in [-0.39, 0.29) is 17.7 Å². The average molecular weight is 398 g/mol. The summed E-state index contributed by atoms with van der Waals surface area (Å²) in [5.74, 6) is -0.414. The summed E-state index contributed by atoms with van der Waals surface area (Å²) in [4.78, 5) is 31.9. The first kappa shape index (κ1) is 17.9. The number of nitrogens with zero attached hydrogens (tertiary/aromatic N) is 1. The van der Waals surface area contributed by atoms with E-state index in [0.717, 1.165) is 34.7 Å². The van der Waals surface area contributed by atoms with E-state index < -0.39 is 0 Å². The highest BCUT2D eigenvalue weighted by Crippen LogP contribution is 2.37. The van der Waals surface area contributed by atoms with Crippen LogP contribution in [0.1, 0.15) is 44.6 Å². The Morgan fingerprint density at radius 3 is 2.78 bits per heavy atom. The van der Waals surface area contributed by atoms with Crippen LogP contribution in [0.2, 0.25) is 0 Å². The Kier molecular flexibility index (Phi) is 5.31. The van der Waals surface area contributed by atoms with E-state index in [1.165, 1.54) is 11.3 Å². The van der Waals surface area contributed by atoms with Gasteiger partial charge in [0.1, 0.15) is 0 Å². The molecule has 5 nitrogen and oxygen atoms in total. The van der Waals surface area contributed by atoms with Crippen molar-refractivity contribution in [1.82, 2.24) is 10.3 Å². The number of aromatic nitrogens is 1. The Balaban J connectivity index is 1.46. The minimum Gasteiger partial charge on any atom is -0.351 e. The van der Waals surface area contributed by atoms with Crippen LogP contribution in [0.5, 0.6) is 0 Å². The first-order chi connectivity index (χ1) is 13.2. The fraction of sp³-hybridized carbons (Fsp3) is 0.250. The maximum Gasteiger partial charge on any atom is 0.257 e. The summed E-state index contributed by atoms with van der Waals surface area (Å²) < 4.78 is 0. The lowest BCUT2D eigenvalue weighted by Gasteiger charge is -2.20. The Hall–Kier alpha value is -2.51. The predicted octanol–water partition coefficient (Wildman–Crippen LogP) is 4.19. The number of fused-ring (bicyclic) bond motifs is 1. The van der Waals surface area contributed by atoms with Crippen molar-refractivity contribution in [3.63, 3.8) is 0 Å². The van der Waals surface area contributed by atoms with E-state index in [1.807, 2.05) is 35.7 Å². The van der Waals surface area contributed by atoms with Crippen molar-refractivity contribution < 1.29 is 9.59 Å². The number of hydrogen-bond acceptors (Lipinski definition) is 5. The molecule has 2 amide bonds. The SMILES string of the molecule is O=C(Nc1nc2c(s1)CCC[C@@H]2C(=O)NCc1cccs1)c1ccccc1. The van der Waals surface area contributed by atoms with E-state index in [9.17, 15) is 9.59 Å². The van der Waals surface area contributed by atoms with Crippen LogP contribution in [-0.4, -0.2) is 16.8 Å². The second-order valence-corrected chi connectivity index (χ2v) is 8.51. The van der Waals surface area contributed by atoms with Gasteiger partial charge < -0.3 is 5.32 Å². The Morgan fingerprint density at radius 1 is 1.15 bits per heavy atom. The lowest BCUT2D eigenvalue weighted by atomic mass is 9.90. The van der Waals surface area contributed by atoms with Gasteiger partial charge >= 0.3 is 0 Å². The molecule has 0 saturated carbocycles. The Bertz CT molecular complexity index is 936. The minimum absolute atomic E-state index is 0.00980. The molecule has 2 heterocycles. The molecule has 1 aliphatic carbocycles. The van der Waals surface area contributed by atoms with Gasteiger partial charge in [0.2, 0.25) is 5.91 Å². The molecule has 138 valence electrons. The van der Waals surface area contributed by atoms with Crippen molar-refractivity contribution in [3.8, 4) is 0 Å². The van der Waals surface area contributed by atoms with Gasteiger partial charge in [-0.2, -0.15) is 0 Å². The number of thiophene rings is 1. The zero-order chi connectivity index (χ0) is 18.6. The molecule has 1 aromatic carbocycles. The quantitative estimate of drug-likeness (QED) is 0.678. The number of amides is 2. The summed E-state index contributed by atoms with van der Waals surface area (Å²) in [6, 6.07) is 13.1. The van der Waals surface area contributed by atoms with Gasteiger partial charge in [0.15, 0.2) is 5.13 Å². The van der Waals surface area contributed by atoms with E-state index in [4.69, 9.17) is 0 Å². The molecule has 0 aliphatic heterocycles. The molecule has 3 aromatic rings. The van der Waals surface area contributed by atoms with Crippen molar-refractivity contribution in [2.45, 2.75) is 31.7 Å². The lowest BCUT2D eigenvalue weighted by Crippen LogP contribution is -2.30. The number of aryl methyl sites for hydroxylation is 1. The van der Waals surface area contributed by atoms with Crippen molar-refractivity contribution >= 4 is 39.6 Å². The van der Waals surface area contributed by atoms with Crippen molar-refractivity contribution in [1.29, 1.82) is 0 Å². The first-order valence-electron chi connectivity index (χ1n) is 8.87. The van der Waals surface area contributed by atoms with Gasteiger partial charge in [-0.3, -0.25) is 14.9 Å². The molecule has 2 N–H and O–H groups in total. The zero-order valence-electron chi connectivity index (χ0n) is 14.6. The lowest BCUT2D eigenvalue weighted by molar-refractivity contribution is -0.123. The number of thiazole rings is 1. The fourth-order valence-electron chi connectivity index (χ4n) is 3.20. The fourth-order valence-corrected chi connectivity index (χ4v) is 4.90. The monoisotopic (exact) mass is 397 g/mol. The average Bonchev–Trinajstić information content (AvgIpc) is 3.35. The molecule has 1 atom stereocenters. The highest BCUT2D eigenvalue weighted by molar-refractivity contribution is 7.16. The molecule has 0 bridgehead atoms. The summed E-state index contributed by atoms with van der Waals surface area (Å²) in [7, 11) is 0. The topological polar surface area (TPSA) is 71.1 Å². The summed E-state index contributed by atoms with van der Waals surface area (Å²) in [5.41, 5.74) is 1.41. The summed E-state index contributed by atoms with van der Waals surface area (Å²) in [6.45, 7) is 0.546. The second kappa shape index (κ2) is 8.02. The van der Waals surface area contributed by atoms with Crippen LogP contribution in [0, 0.1) is 0 Å². The zero-order valence-corrected chi connectivity index (χ0v) is 16.2. The Labute approximate surface area is 165 Å². The van der Waals surface area contributed by atoms with Crippen molar-refractivity contribution in [2.75, 3.05) is 5.32 Å². The summed E-state index contributed by atoms with van der Waals surface area (Å²) in [6.07, 6.45) is 2.65. The molecule has 27 heavy (non-hydrogen) atoms. The molecule has 0 fully saturated rings. The van der Waals surface area contributed by atoms with Crippen LogP contribution in [0.4, 0.5) is 5.13 Å². The van der Waals surface area contributed by atoms with Gasteiger partial charge in [0.25, 0.3) is 5.91 Å². The molecule has 0 unspecified atom stereocenters. The molecule has 7 heteroatoms. The van der Waals surface area contributed by atoms with E-state index in [1.54, 1.807) is 23.5 Å². The number of carbonyl (C=O) groups is 2. The normalized spacial score (nSPS) is 15.8. The Morgan fingerprint density at radius 2 is 2.00 bits per heavy atom. The van der Waals surface area contributed by atoms with Crippen LogP contribution < -0.4 is 10.6 Å². The molecule has 1 aliphatic rings. The molecule has 0 saturated heterocycles. The van der Waals surface area contributed by atoms with E-state index in [0.29, 0.717) is 17.2 Å². The van der Waals surface area contributed by atoms with E-state index >= 15 is 0 Å². The second-order valence-electron chi connectivity index (χ2n) is 6.39. The molecule has 2 aromatic heterocycles. The number of carbonyl (C=O) groups excluding carboxylic acids is 2. The molecule has 0 radical (unpaired) electrons. The summed E-state index contributed by atoms with van der Waals surface area (Å²) >= 11 is 3.10. The van der Waals surface area contributed by atoms with Crippen LogP contribution >= 0.6 is 22.7 Å². The third-order valence-corrected chi connectivity index (χ3v) is 6.47. The van der Waals surface area contributed by atoms with Gasteiger partial charge in [-0.1, -0.05) is 24.3 Å². The van der Waals surface area contributed by atoms with E-state index in [2.05, 4.69) is 15.6 Å². The van der Waals surface area contributed by atoms with Gasteiger partial charge in [0.05, 0.1) is 18.2 Å². The minimum atomic E-state index is -0.243. The molecule has 4 rings (SSSR count). The van der Waals surface area contributed by atoms with Crippen LogP contribution in [0.25, 0.3) is 0 Å². The van der Waals surface area contributed by atoms with Gasteiger partial charge in [-0.15, -0.1) is 22.7 Å². The maximum absolute atomic E-state index is 12.7. The van der Waals surface area contributed by atoms with Crippen LogP contribution in [0.3, 0.4) is 0 Å². The summed E-state index contributed by atoms with van der Waals surface area (Å²) in [5, 5.41) is 8.45. The smallest absolute Gasteiger partial charge is 0.257 e. The standard InChI is InChI=1S/C20H19N3O2S2/c24-18(13-6-2-1-3-7-13)23-20-22-17-15(9-4-10-16(17)27-20)19(25)21-12-14-8-5-11-26-14/h1-3,5-8,11,15H,4,9-10,12H2,(H,21,25)(H,22,23,24)/t15-/m0/s1. The molecule has 0 spiro atoms. The number of anilines is 1. The third kappa shape index (κ3) is 4.09. The largest absolute Gasteiger partial charge is 0.351 e. The predicted molar refractivity (Wildman–Crippen MR) is 108 cm³/mol. The molecular weight excluding hydrogens is 378 g/mol. The van der Waals surface area contributed by atoms with Gasteiger partial charge in [-0.05, 0) is 42.8 Å². The van der Waals surface area contributed by atoms with Gasteiger partial charge in [-0.25, -0.2) is 4.98 Å². The van der Waals surface area contributed by atoms with Gasteiger partial charge in [0, 0.05) is 15.3 Å². The number of hydrogen-bond donors (Lipinski definition) is 2. The highest BCUT2D eigenvalue weighted by atomic mass is 32.1. The highest BCUT2D eigenvalue weighted by Gasteiger charge is 2.30. The van der Waals surface area contributed by atoms with Crippen molar-refractivity contribution in [2.24, 2.45) is 0 Å². The number of rotatable bonds is 5. The number of benzene rings is 1. The third-order valence-electron chi connectivity index (χ3n) is 4.54. The van der Waals surface area contributed by atoms with Crippen LogP contribution in [0.15, 0.2) is 47.8 Å². The first-order valence-corrected chi connectivity index (χ1v) is 10.6. The van der Waals surface area contributed by atoms with Crippen LogP contribution in [-0.2, 0) is 17.8 Å². The maximum atomic E-state index is 12.7. The molecular formula is C20H19N3O2S2.